The average molecular weight is 476 g/mol. The summed E-state index contributed by atoms with van der Waals surface area (Å²) in [5.41, 5.74) is 4.47. The van der Waals surface area contributed by atoms with Crippen LogP contribution in [0, 0.1) is 6.92 Å². The van der Waals surface area contributed by atoms with E-state index in [0.717, 1.165) is 11.1 Å². The Balaban J connectivity index is 1.30. The summed E-state index contributed by atoms with van der Waals surface area (Å²) < 4.78 is 33.4. The van der Waals surface area contributed by atoms with Crippen molar-refractivity contribution >= 4 is 26.9 Å². The average Bonchev–Trinajstić information content (AvgIpc) is 3.51. The highest BCUT2D eigenvalue weighted by Gasteiger charge is 2.41. The molecular formula is C26H25N3O4S. The topological polar surface area (TPSA) is 92.5 Å². The van der Waals surface area contributed by atoms with Gasteiger partial charge in [-0.1, -0.05) is 48.0 Å². The van der Waals surface area contributed by atoms with Crippen LogP contribution in [0.4, 0.5) is 0 Å². The van der Waals surface area contributed by atoms with Gasteiger partial charge in [-0.2, -0.15) is 4.31 Å². The molecule has 7 nitrogen and oxygen atoms in total. The smallest absolute Gasteiger partial charge is 0.277 e. The molecule has 1 aliphatic rings. The highest BCUT2D eigenvalue weighted by molar-refractivity contribution is 7.89. The highest BCUT2D eigenvalue weighted by Crippen LogP contribution is 2.30. The van der Waals surface area contributed by atoms with Gasteiger partial charge in [0.2, 0.25) is 11.0 Å². The van der Waals surface area contributed by atoms with E-state index >= 15 is 0 Å². The fourth-order valence-electron chi connectivity index (χ4n) is 4.29. The van der Waals surface area contributed by atoms with Crippen molar-refractivity contribution in [1.29, 1.82) is 0 Å². The van der Waals surface area contributed by atoms with Crippen LogP contribution < -0.4 is 5.32 Å². The molecule has 5 rings (SSSR count). The second-order valence-electron chi connectivity index (χ2n) is 8.50. The largest absolute Gasteiger partial charge is 0.443 e. The van der Waals surface area contributed by atoms with Crippen molar-refractivity contribution in [3.8, 4) is 11.1 Å². The molecule has 0 unspecified atom stereocenters. The fourth-order valence-corrected chi connectivity index (χ4v) is 5.89. The maximum absolute atomic E-state index is 13.3. The Morgan fingerprint density at radius 3 is 2.68 bits per heavy atom. The number of carbonyl (C=O) groups is 1. The Labute approximate surface area is 198 Å². The summed E-state index contributed by atoms with van der Waals surface area (Å²) >= 11 is 0. The highest BCUT2D eigenvalue weighted by atomic mass is 32.2. The number of aromatic nitrogens is 1. The molecule has 4 aromatic rings. The van der Waals surface area contributed by atoms with Crippen LogP contribution in [0.25, 0.3) is 22.1 Å². The number of pyridine rings is 1. The predicted octanol–water partition coefficient (Wildman–Crippen LogP) is 4.27. The molecule has 2 aromatic heterocycles. The van der Waals surface area contributed by atoms with Crippen LogP contribution in [-0.2, 0) is 21.4 Å². The van der Waals surface area contributed by atoms with E-state index in [9.17, 15) is 13.2 Å². The minimum absolute atomic E-state index is 0.138. The van der Waals surface area contributed by atoms with Gasteiger partial charge in [0.1, 0.15) is 11.6 Å². The van der Waals surface area contributed by atoms with Crippen molar-refractivity contribution in [3.63, 3.8) is 0 Å². The van der Waals surface area contributed by atoms with Gasteiger partial charge in [0.15, 0.2) is 0 Å². The number of furan rings is 1. The van der Waals surface area contributed by atoms with Gasteiger partial charge in [0.05, 0.1) is 12.2 Å². The number of sulfonamides is 1. The Morgan fingerprint density at radius 1 is 1.09 bits per heavy atom. The summed E-state index contributed by atoms with van der Waals surface area (Å²) in [5, 5.41) is 3.44. The number of nitrogens with zero attached hydrogens (tertiary/aromatic N) is 2. The maximum Gasteiger partial charge on any atom is 0.277 e. The summed E-state index contributed by atoms with van der Waals surface area (Å²) in [4.78, 5) is 17.4. The molecule has 0 radical (unpaired) electrons. The second-order valence-corrected chi connectivity index (χ2v) is 10.3. The van der Waals surface area contributed by atoms with Crippen LogP contribution in [0.3, 0.4) is 0 Å². The minimum Gasteiger partial charge on any atom is -0.443 e. The van der Waals surface area contributed by atoms with Gasteiger partial charge in [-0.05, 0) is 49.1 Å². The molecule has 1 atom stereocenters. The molecule has 0 bridgehead atoms. The zero-order chi connectivity index (χ0) is 23.7. The number of aryl methyl sites for hydroxylation is 1. The van der Waals surface area contributed by atoms with E-state index < -0.39 is 16.1 Å². The molecule has 0 aliphatic carbocycles. The van der Waals surface area contributed by atoms with Crippen molar-refractivity contribution in [2.24, 2.45) is 0 Å². The van der Waals surface area contributed by atoms with Crippen LogP contribution in [0.1, 0.15) is 24.1 Å². The molecule has 2 aromatic carbocycles. The van der Waals surface area contributed by atoms with E-state index in [0.29, 0.717) is 29.5 Å². The van der Waals surface area contributed by atoms with Gasteiger partial charge >= 0.3 is 0 Å². The molecule has 0 spiro atoms. The van der Waals surface area contributed by atoms with Crippen molar-refractivity contribution in [2.45, 2.75) is 37.4 Å². The molecule has 0 saturated carbocycles. The summed E-state index contributed by atoms with van der Waals surface area (Å²) in [7, 11) is -3.93. The van der Waals surface area contributed by atoms with Crippen LogP contribution in [0.2, 0.25) is 0 Å². The number of fused-ring (bicyclic) bond motifs is 1. The molecule has 1 amide bonds. The molecule has 1 saturated heterocycles. The number of hydrogen-bond acceptors (Lipinski definition) is 5. The third-order valence-corrected chi connectivity index (χ3v) is 7.88. The Bertz CT molecular complexity index is 1410. The molecule has 174 valence electrons. The van der Waals surface area contributed by atoms with Crippen LogP contribution in [0.15, 0.2) is 82.4 Å². The molecule has 34 heavy (non-hydrogen) atoms. The van der Waals surface area contributed by atoms with Crippen molar-refractivity contribution < 1.29 is 17.6 Å². The maximum atomic E-state index is 13.3. The van der Waals surface area contributed by atoms with Crippen LogP contribution >= 0.6 is 0 Å². The molecule has 8 heteroatoms. The molecule has 3 heterocycles. The van der Waals surface area contributed by atoms with Gasteiger partial charge in [-0.3, -0.25) is 9.78 Å². The van der Waals surface area contributed by atoms with E-state index in [1.165, 1.54) is 15.9 Å². The van der Waals surface area contributed by atoms with Crippen LogP contribution in [-0.4, -0.2) is 36.2 Å². The first-order valence-electron chi connectivity index (χ1n) is 11.2. The SMILES string of the molecule is Cc1ccc(-c2ccnc(CNC(=O)[C@@H]3CCCN3S(=O)(=O)c3cc4ccccc4o3)c2)cc1. The van der Waals surface area contributed by atoms with Crippen molar-refractivity contribution in [2.75, 3.05) is 6.54 Å². The minimum atomic E-state index is -3.93. The number of rotatable bonds is 6. The lowest BCUT2D eigenvalue weighted by Crippen LogP contribution is -2.45. The molecule has 1 fully saturated rings. The Kier molecular flexibility index (Phi) is 5.93. The first kappa shape index (κ1) is 22.3. The Morgan fingerprint density at radius 2 is 1.88 bits per heavy atom. The normalized spacial score (nSPS) is 16.7. The van der Waals surface area contributed by atoms with Gasteiger partial charge < -0.3 is 9.73 Å². The zero-order valence-electron chi connectivity index (χ0n) is 18.8. The molecular weight excluding hydrogens is 450 g/mol. The monoisotopic (exact) mass is 475 g/mol. The lowest BCUT2D eigenvalue weighted by Gasteiger charge is -2.22. The fraction of sp³-hybridized carbons (Fsp3) is 0.231. The number of amides is 1. The lowest BCUT2D eigenvalue weighted by atomic mass is 10.0. The van der Waals surface area contributed by atoms with Crippen LogP contribution in [0.5, 0.6) is 0 Å². The summed E-state index contributed by atoms with van der Waals surface area (Å²) in [6, 6.07) is 19.9. The van der Waals surface area contributed by atoms with Gasteiger partial charge in [-0.15, -0.1) is 0 Å². The molecule has 1 aliphatic heterocycles. The number of carbonyl (C=O) groups excluding carboxylic acids is 1. The number of para-hydroxylation sites is 1. The first-order valence-corrected chi connectivity index (χ1v) is 12.7. The lowest BCUT2D eigenvalue weighted by molar-refractivity contribution is -0.124. The number of nitrogens with one attached hydrogen (secondary N) is 1. The first-order chi connectivity index (χ1) is 16.4. The molecule has 1 N–H and O–H groups in total. The summed E-state index contributed by atoms with van der Waals surface area (Å²) in [5.74, 6) is -0.334. The van der Waals surface area contributed by atoms with Gasteiger partial charge in [0, 0.05) is 24.2 Å². The van der Waals surface area contributed by atoms with E-state index in [-0.39, 0.29) is 24.1 Å². The Hall–Kier alpha value is -3.49. The third-order valence-electron chi connectivity index (χ3n) is 6.12. The van der Waals surface area contributed by atoms with Crippen molar-refractivity contribution in [1.82, 2.24) is 14.6 Å². The number of hydrogen-bond donors (Lipinski definition) is 1. The van der Waals surface area contributed by atoms with E-state index in [1.54, 1.807) is 24.4 Å². The van der Waals surface area contributed by atoms with Gasteiger partial charge in [0.25, 0.3) is 10.0 Å². The standard InChI is InChI=1S/C26H25N3O4S/c1-18-8-10-19(11-9-18)20-12-13-27-22(15-20)17-28-26(30)23-6-4-14-29(23)34(31,32)25-16-21-5-2-3-7-24(21)33-25/h2-3,5,7-13,15-16,23H,4,6,14,17H2,1H3,(H,28,30)/t23-/m0/s1. The summed E-state index contributed by atoms with van der Waals surface area (Å²) in [6.45, 7) is 2.53. The predicted molar refractivity (Wildman–Crippen MR) is 129 cm³/mol. The second kappa shape index (κ2) is 9.04. The summed E-state index contributed by atoms with van der Waals surface area (Å²) in [6.07, 6.45) is 2.78. The van der Waals surface area contributed by atoms with Gasteiger partial charge in [-0.25, -0.2) is 8.42 Å². The van der Waals surface area contributed by atoms with Crippen molar-refractivity contribution in [3.05, 3.63) is 84.2 Å². The quantitative estimate of drug-likeness (QED) is 0.450. The van der Waals surface area contributed by atoms with E-state index in [4.69, 9.17) is 4.42 Å². The third kappa shape index (κ3) is 4.34. The van der Waals surface area contributed by atoms with E-state index in [1.807, 2.05) is 49.4 Å². The number of benzene rings is 2. The van der Waals surface area contributed by atoms with E-state index in [2.05, 4.69) is 10.3 Å². The zero-order valence-corrected chi connectivity index (χ0v) is 19.6.